The highest BCUT2D eigenvalue weighted by molar-refractivity contribution is 6.35. The average Bonchev–Trinajstić information content (AvgIpc) is 3.28. The summed E-state index contributed by atoms with van der Waals surface area (Å²) < 4.78 is 0. The number of nitrogens with one attached hydrogen (secondary N) is 2. The van der Waals surface area contributed by atoms with Gasteiger partial charge in [0.2, 0.25) is 0 Å². The third-order valence-electron chi connectivity index (χ3n) is 5.44. The molecule has 0 unspecified atom stereocenters. The number of carbonyl (C=O) groups is 2. The molecule has 160 valence electrons. The van der Waals surface area contributed by atoms with Gasteiger partial charge in [-0.1, -0.05) is 41.9 Å². The van der Waals surface area contributed by atoms with Crippen molar-refractivity contribution in [2.75, 3.05) is 38.6 Å². The average molecular weight is 429 g/mol. The van der Waals surface area contributed by atoms with Crippen molar-refractivity contribution in [3.8, 4) is 0 Å². The molecule has 6 nitrogen and oxygen atoms in total. The lowest BCUT2D eigenvalue weighted by molar-refractivity contribution is -0.139. The molecule has 0 saturated carbocycles. The summed E-state index contributed by atoms with van der Waals surface area (Å²) in [7, 11) is 4.02. The molecule has 2 aromatic carbocycles. The maximum Gasteiger partial charge on any atom is 0.309 e. The van der Waals surface area contributed by atoms with Gasteiger partial charge in [-0.3, -0.25) is 14.5 Å². The minimum Gasteiger partial charge on any atom is -0.378 e. The lowest BCUT2D eigenvalue weighted by Gasteiger charge is -2.28. The van der Waals surface area contributed by atoms with Crippen molar-refractivity contribution in [3.05, 3.63) is 64.7 Å². The summed E-state index contributed by atoms with van der Waals surface area (Å²) in [4.78, 5) is 29.0. The maximum atomic E-state index is 12.4. The van der Waals surface area contributed by atoms with Gasteiger partial charge >= 0.3 is 11.8 Å². The molecule has 1 aliphatic rings. The van der Waals surface area contributed by atoms with Gasteiger partial charge in [0.25, 0.3) is 0 Å². The number of nitrogens with zero attached hydrogens (tertiary/aromatic N) is 2. The lowest BCUT2D eigenvalue weighted by Crippen LogP contribution is -2.43. The van der Waals surface area contributed by atoms with E-state index in [1.807, 2.05) is 32.3 Å². The summed E-state index contributed by atoms with van der Waals surface area (Å²) >= 11 is 6.10. The summed E-state index contributed by atoms with van der Waals surface area (Å²) in [6.07, 6.45) is 2.30. The molecule has 2 aromatic rings. The Kier molecular flexibility index (Phi) is 7.71. The van der Waals surface area contributed by atoms with Gasteiger partial charge in [-0.25, -0.2) is 0 Å². The predicted molar refractivity (Wildman–Crippen MR) is 121 cm³/mol. The zero-order chi connectivity index (χ0) is 21.5. The van der Waals surface area contributed by atoms with Crippen molar-refractivity contribution < 1.29 is 9.59 Å². The molecule has 1 aliphatic heterocycles. The van der Waals surface area contributed by atoms with Crippen LogP contribution in [0.1, 0.15) is 30.0 Å². The van der Waals surface area contributed by atoms with Crippen LogP contribution in [0.2, 0.25) is 5.02 Å². The zero-order valence-electron chi connectivity index (χ0n) is 17.5. The largest absolute Gasteiger partial charge is 0.378 e. The molecule has 0 bridgehead atoms. The van der Waals surface area contributed by atoms with E-state index in [9.17, 15) is 9.59 Å². The molecular formula is C23H29ClN4O2. The summed E-state index contributed by atoms with van der Waals surface area (Å²) in [5, 5.41) is 6.01. The van der Waals surface area contributed by atoms with E-state index in [4.69, 9.17) is 11.6 Å². The Morgan fingerprint density at radius 3 is 2.27 bits per heavy atom. The molecule has 0 aromatic heterocycles. The normalized spacial score (nSPS) is 14.9. The van der Waals surface area contributed by atoms with Crippen LogP contribution >= 0.6 is 11.6 Å². The van der Waals surface area contributed by atoms with E-state index in [0.717, 1.165) is 42.7 Å². The Hall–Kier alpha value is -2.57. The molecule has 1 atom stereocenters. The number of likely N-dealkylation sites (tertiary alicyclic amines) is 1. The number of amides is 2. The lowest BCUT2D eigenvalue weighted by atomic mass is 10.0. The number of hydrogen-bond acceptors (Lipinski definition) is 4. The van der Waals surface area contributed by atoms with Gasteiger partial charge in [-0.05, 0) is 55.3 Å². The van der Waals surface area contributed by atoms with Crippen molar-refractivity contribution >= 4 is 29.1 Å². The minimum atomic E-state index is -0.655. The smallest absolute Gasteiger partial charge is 0.309 e. The first-order valence-electron chi connectivity index (χ1n) is 10.3. The van der Waals surface area contributed by atoms with Crippen LogP contribution in [0, 0.1) is 0 Å². The molecule has 1 heterocycles. The number of rotatable bonds is 7. The second-order valence-electron chi connectivity index (χ2n) is 7.73. The Bertz CT molecular complexity index is 864. The molecule has 3 rings (SSSR count). The Balaban J connectivity index is 1.59. The van der Waals surface area contributed by atoms with Gasteiger partial charge < -0.3 is 15.5 Å². The first-order valence-corrected chi connectivity index (χ1v) is 10.6. The number of anilines is 1. The minimum absolute atomic E-state index is 0.0454. The van der Waals surface area contributed by atoms with E-state index in [2.05, 4.69) is 44.7 Å². The van der Waals surface area contributed by atoms with Crippen molar-refractivity contribution in [3.63, 3.8) is 0 Å². The number of hydrogen-bond donors (Lipinski definition) is 2. The highest BCUT2D eigenvalue weighted by atomic mass is 35.5. The van der Waals surface area contributed by atoms with Crippen molar-refractivity contribution in [1.82, 2.24) is 15.5 Å². The number of benzene rings is 2. The fourth-order valence-corrected chi connectivity index (χ4v) is 3.88. The number of carbonyl (C=O) groups excluding carboxylic acids is 2. The van der Waals surface area contributed by atoms with E-state index in [1.54, 1.807) is 6.07 Å². The van der Waals surface area contributed by atoms with Crippen molar-refractivity contribution in [1.29, 1.82) is 0 Å². The van der Waals surface area contributed by atoms with E-state index < -0.39 is 11.8 Å². The van der Waals surface area contributed by atoms with E-state index in [0.29, 0.717) is 11.6 Å². The second kappa shape index (κ2) is 10.5. The maximum absolute atomic E-state index is 12.4. The van der Waals surface area contributed by atoms with Gasteiger partial charge in [0.05, 0.1) is 6.04 Å². The van der Waals surface area contributed by atoms with Gasteiger partial charge in [-0.15, -0.1) is 0 Å². The molecule has 30 heavy (non-hydrogen) atoms. The highest BCUT2D eigenvalue weighted by Gasteiger charge is 2.25. The Labute approximate surface area is 183 Å². The second-order valence-corrected chi connectivity index (χ2v) is 8.14. The van der Waals surface area contributed by atoms with Crippen LogP contribution in [-0.4, -0.2) is 50.4 Å². The first kappa shape index (κ1) is 22.1. The molecule has 0 spiro atoms. The molecule has 2 amide bonds. The monoisotopic (exact) mass is 428 g/mol. The van der Waals surface area contributed by atoms with Crippen molar-refractivity contribution in [2.45, 2.75) is 25.4 Å². The molecule has 7 heteroatoms. The molecule has 1 fully saturated rings. The van der Waals surface area contributed by atoms with Gasteiger partial charge in [0.15, 0.2) is 0 Å². The quantitative estimate of drug-likeness (QED) is 0.665. The standard InChI is InChI=1S/C23H29ClN4O2/c1-27(2)19-11-9-17(10-12-19)21(28-13-5-6-14-28)16-26-23(30)22(29)25-15-18-7-3-4-8-20(18)24/h3-4,7-12,21H,5-6,13-16H2,1-2H3,(H,25,29)(H,26,30)/t21-/m0/s1. The fraction of sp³-hybridized carbons (Fsp3) is 0.391. The van der Waals surface area contributed by atoms with Crippen LogP contribution in [0.5, 0.6) is 0 Å². The summed E-state index contributed by atoms with van der Waals surface area (Å²) in [6, 6.07) is 15.6. The third kappa shape index (κ3) is 5.74. The van der Waals surface area contributed by atoms with Crippen LogP contribution in [0.25, 0.3) is 0 Å². The third-order valence-corrected chi connectivity index (χ3v) is 5.80. The summed E-state index contributed by atoms with van der Waals surface area (Å²) in [6.45, 7) is 2.59. The summed E-state index contributed by atoms with van der Waals surface area (Å²) in [5.41, 5.74) is 3.04. The van der Waals surface area contributed by atoms with Crippen LogP contribution < -0.4 is 15.5 Å². The molecule has 0 radical (unpaired) electrons. The fourth-order valence-electron chi connectivity index (χ4n) is 3.67. The Morgan fingerprint density at radius 1 is 1.00 bits per heavy atom. The van der Waals surface area contributed by atoms with E-state index in [-0.39, 0.29) is 12.6 Å². The van der Waals surface area contributed by atoms with Gasteiger partial charge in [0, 0.05) is 37.9 Å². The summed E-state index contributed by atoms with van der Waals surface area (Å²) in [5.74, 6) is -1.28. The molecule has 0 aliphatic carbocycles. The Morgan fingerprint density at radius 2 is 1.63 bits per heavy atom. The molecule has 2 N–H and O–H groups in total. The molecular weight excluding hydrogens is 400 g/mol. The topological polar surface area (TPSA) is 64.7 Å². The SMILES string of the molecule is CN(C)c1ccc([C@H](CNC(=O)C(=O)NCc2ccccc2Cl)N2CCCC2)cc1. The first-order chi connectivity index (χ1) is 14.5. The highest BCUT2D eigenvalue weighted by Crippen LogP contribution is 2.26. The number of halogens is 1. The van der Waals surface area contributed by atoms with Crippen LogP contribution in [0.4, 0.5) is 5.69 Å². The van der Waals surface area contributed by atoms with Gasteiger partial charge in [-0.2, -0.15) is 0 Å². The predicted octanol–water partition coefficient (Wildman–Crippen LogP) is 2.98. The van der Waals surface area contributed by atoms with Crippen molar-refractivity contribution in [2.24, 2.45) is 0 Å². The van der Waals surface area contributed by atoms with Crippen LogP contribution in [0.15, 0.2) is 48.5 Å². The molecule has 1 saturated heterocycles. The van der Waals surface area contributed by atoms with E-state index >= 15 is 0 Å². The van der Waals surface area contributed by atoms with Crippen LogP contribution in [0.3, 0.4) is 0 Å². The van der Waals surface area contributed by atoms with Crippen LogP contribution in [-0.2, 0) is 16.1 Å². The van der Waals surface area contributed by atoms with E-state index in [1.165, 1.54) is 0 Å². The van der Waals surface area contributed by atoms with Gasteiger partial charge in [0.1, 0.15) is 0 Å². The zero-order valence-corrected chi connectivity index (χ0v) is 18.3.